The lowest BCUT2D eigenvalue weighted by Crippen LogP contribution is -2.35. The summed E-state index contributed by atoms with van der Waals surface area (Å²) in [6.45, 7) is 4.81. The molecule has 1 heterocycles. The summed E-state index contributed by atoms with van der Waals surface area (Å²) < 4.78 is 10.5. The molecule has 0 spiro atoms. The summed E-state index contributed by atoms with van der Waals surface area (Å²) in [4.78, 5) is 0. The Hall–Kier alpha value is -1.42. The van der Waals surface area contributed by atoms with E-state index in [9.17, 15) is 5.11 Å². The smallest absolute Gasteiger partial charge is 0.231 e. The van der Waals surface area contributed by atoms with Crippen LogP contribution in [-0.2, 0) is 0 Å². The molecule has 17 heavy (non-hydrogen) atoms. The molecule has 0 saturated carbocycles. The first-order valence-electron chi connectivity index (χ1n) is 6.03. The van der Waals surface area contributed by atoms with E-state index in [1.165, 1.54) is 0 Å². The third kappa shape index (κ3) is 2.64. The molecule has 1 aromatic carbocycles. The number of benzene rings is 1. The summed E-state index contributed by atoms with van der Waals surface area (Å²) in [5, 5.41) is 13.4. The minimum Gasteiger partial charge on any atom is -0.454 e. The van der Waals surface area contributed by atoms with Crippen molar-refractivity contribution in [1.82, 2.24) is 0 Å². The molecule has 1 aliphatic rings. The van der Waals surface area contributed by atoms with Gasteiger partial charge in [0.1, 0.15) is 0 Å². The van der Waals surface area contributed by atoms with Gasteiger partial charge in [-0.2, -0.15) is 0 Å². The van der Waals surface area contributed by atoms with E-state index in [0.717, 1.165) is 30.0 Å². The van der Waals surface area contributed by atoms with Crippen LogP contribution in [0.1, 0.15) is 26.7 Å². The molecule has 0 bridgehead atoms. The second-order valence-corrected chi connectivity index (χ2v) is 4.35. The van der Waals surface area contributed by atoms with Gasteiger partial charge in [-0.15, -0.1) is 0 Å². The Bertz CT molecular complexity index is 388. The number of rotatable bonds is 5. The summed E-state index contributed by atoms with van der Waals surface area (Å²) in [6, 6.07) is 5.70. The Morgan fingerprint density at radius 1 is 1.24 bits per heavy atom. The number of nitrogens with one attached hydrogen (secondary N) is 1. The predicted molar refractivity (Wildman–Crippen MR) is 66.6 cm³/mol. The van der Waals surface area contributed by atoms with Crippen molar-refractivity contribution in [1.29, 1.82) is 0 Å². The first kappa shape index (κ1) is 12.0. The highest BCUT2D eigenvalue weighted by Gasteiger charge is 2.22. The van der Waals surface area contributed by atoms with E-state index in [4.69, 9.17) is 9.47 Å². The van der Waals surface area contributed by atoms with E-state index in [0.29, 0.717) is 6.54 Å². The van der Waals surface area contributed by atoms with E-state index in [1.807, 2.05) is 32.0 Å². The van der Waals surface area contributed by atoms with Crippen LogP contribution in [0.2, 0.25) is 0 Å². The van der Waals surface area contributed by atoms with E-state index in [2.05, 4.69) is 5.32 Å². The molecule has 94 valence electrons. The van der Waals surface area contributed by atoms with Crippen LogP contribution in [-0.4, -0.2) is 24.0 Å². The summed E-state index contributed by atoms with van der Waals surface area (Å²) in [5.41, 5.74) is 0.297. The zero-order valence-electron chi connectivity index (χ0n) is 10.3. The first-order chi connectivity index (χ1) is 8.17. The summed E-state index contributed by atoms with van der Waals surface area (Å²) >= 11 is 0. The maximum atomic E-state index is 10.2. The monoisotopic (exact) mass is 237 g/mol. The Kier molecular flexibility index (Phi) is 3.43. The fraction of sp³-hybridized carbons (Fsp3) is 0.538. The maximum Gasteiger partial charge on any atom is 0.231 e. The SMILES string of the molecule is CCC(O)(CC)CNc1ccc2c(c1)OCO2. The number of hydrogen-bond donors (Lipinski definition) is 2. The molecule has 0 aromatic heterocycles. The minimum atomic E-state index is -0.642. The second-order valence-electron chi connectivity index (χ2n) is 4.35. The van der Waals surface area contributed by atoms with Gasteiger partial charge in [0, 0.05) is 18.3 Å². The van der Waals surface area contributed by atoms with Gasteiger partial charge in [0.2, 0.25) is 6.79 Å². The molecule has 1 aromatic rings. The van der Waals surface area contributed by atoms with E-state index >= 15 is 0 Å². The summed E-state index contributed by atoms with van der Waals surface area (Å²) in [5.74, 6) is 1.53. The molecule has 1 aliphatic heterocycles. The summed E-state index contributed by atoms with van der Waals surface area (Å²) in [6.07, 6.45) is 1.47. The lowest BCUT2D eigenvalue weighted by atomic mass is 9.97. The zero-order chi connectivity index (χ0) is 12.3. The normalized spacial score (nSPS) is 13.8. The Morgan fingerprint density at radius 3 is 2.65 bits per heavy atom. The maximum absolute atomic E-state index is 10.2. The van der Waals surface area contributed by atoms with E-state index < -0.39 is 5.60 Å². The molecular weight excluding hydrogens is 218 g/mol. The molecule has 2 N–H and O–H groups in total. The van der Waals surface area contributed by atoms with Gasteiger partial charge in [-0.3, -0.25) is 0 Å². The van der Waals surface area contributed by atoms with Crippen molar-refractivity contribution in [2.75, 3.05) is 18.7 Å². The number of fused-ring (bicyclic) bond motifs is 1. The van der Waals surface area contributed by atoms with Crippen molar-refractivity contribution in [3.05, 3.63) is 18.2 Å². The minimum absolute atomic E-state index is 0.284. The molecule has 0 fully saturated rings. The Balaban J connectivity index is 2.00. The molecule has 0 radical (unpaired) electrons. The van der Waals surface area contributed by atoms with Crippen molar-refractivity contribution in [3.8, 4) is 11.5 Å². The molecule has 4 nitrogen and oxygen atoms in total. The third-order valence-corrected chi connectivity index (χ3v) is 3.31. The predicted octanol–water partition coefficient (Wildman–Crippen LogP) is 2.38. The van der Waals surface area contributed by atoms with Crippen LogP contribution in [0.25, 0.3) is 0 Å². The Labute approximate surface area is 102 Å². The van der Waals surface area contributed by atoms with Crippen LogP contribution in [0.3, 0.4) is 0 Å². The van der Waals surface area contributed by atoms with Gasteiger partial charge in [0.15, 0.2) is 11.5 Å². The number of anilines is 1. The van der Waals surface area contributed by atoms with Crippen molar-refractivity contribution in [3.63, 3.8) is 0 Å². The van der Waals surface area contributed by atoms with Gasteiger partial charge in [0.25, 0.3) is 0 Å². The van der Waals surface area contributed by atoms with E-state index in [1.54, 1.807) is 0 Å². The molecular formula is C13H19NO3. The van der Waals surface area contributed by atoms with Crippen molar-refractivity contribution >= 4 is 5.69 Å². The van der Waals surface area contributed by atoms with Crippen LogP contribution in [0.15, 0.2) is 18.2 Å². The van der Waals surface area contributed by atoms with Crippen LogP contribution in [0.4, 0.5) is 5.69 Å². The van der Waals surface area contributed by atoms with Gasteiger partial charge in [0.05, 0.1) is 5.60 Å². The second kappa shape index (κ2) is 4.84. The van der Waals surface area contributed by atoms with Crippen molar-refractivity contribution in [2.24, 2.45) is 0 Å². The fourth-order valence-corrected chi connectivity index (χ4v) is 1.77. The lowest BCUT2D eigenvalue weighted by molar-refractivity contribution is 0.0457. The van der Waals surface area contributed by atoms with Crippen LogP contribution >= 0.6 is 0 Å². The van der Waals surface area contributed by atoms with Crippen molar-refractivity contribution in [2.45, 2.75) is 32.3 Å². The quantitative estimate of drug-likeness (QED) is 0.825. The van der Waals surface area contributed by atoms with Crippen LogP contribution in [0, 0.1) is 0 Å². The first-order valence-corrected chi connectivity index (χ1v) is 6.03. The third-order valence-electron chi connectivity index (χ3n) is 3.31. The molecule has 0 saturated heterocycles. The fourth-order valence-electron chi connectivity index (χ4n) is 1.77. The molecule has 0 atom stereocenters. The number of aliphatic hydroxyl groups is 1. The molecule has 4 heteroatoms. The largest absolute Gasteiger partial charge is 0.454 e. The molecule has 0 amide bonds. The highest BCUT2D eigenvalue weighted by Crippen LogP contribution is 2.34. The molecule has 0 unspecified atom stereocenters. The summed E-state index contributed by atoms with van der Waals surface area (Å²) in [7, 11) is 0. The highest BCUT2D eigenvalue weighted by molar-refractivity contribution is 5.55. The van der Waals surface area contributed by atoms with E-state index in [-0.39, 0.29) is 6.79 Å². The van der Waals surface area contributed by atoms with Crippen LogP contribution < -0.4 is 14.8 Å². The average molecular weight is 237 g/mol. The molecule has 0 aliphatic carbocycles. The van der Waals surface area contributed by atoms with Gasteiger partial charge in [-0.05, 0) is 25.0 Å². The van der Waals surface area contributed by atoms with Crippen LogP contribution in [0.5, 0.6) is 11.5 Å². The zero-order valence-corrected chi connectivity index (χ0v) is 10.3. The highest BCUT2D eigenvalue weighted by atomic mass is 16.7. The standard InChI is InChI=1S/C13H19NO3/c1-3-13(15,4-2)8-14-10-5-6-11-12(7-10)17-9-16-11/h5-7,14-15H,3-4,8-9H2,1-2H3. The van der Waals surface area contributed by atoms with Gasteiger partial charge in [-0.25, -0.2) is 0 Å². The van der Waals surface area contributed by atoms with Crippen molar-refractivity contribution < 1.29 is 14.6 Å². The van der Waals surface area contributed by atoms with Gasteiger partial charge >= 0.3 is 0 Å². The Morgan fingerprint density at radius 2 is 1.94 bits per heavy atom. The number of hydrogen-bond acceptors (Lipinski definition) is 4. The lowest BCUT2D eigenvalue weighted by Gasteiger charge is -2.26. The average Bonchev–Trinajstić information content (AvgIpc) is 2.83. The van der Waals surface area contributed by atoms with Gasteiger partial charge < -0.3 is 19.9 Å². The topological polar surface area (TPSA) is 50.7 Å². The van der Waals surface area contributed by atoms with Gasteiger partial charge in [-0.1, -0.05) is 13.8 Å². The molecule has 2 rings (SSSR count). The number of ether oxygens (including phenoxy) is 2.